The van der Waals surface area contributed by atoms with Gasteiger partial charge in [-0.15, -0.1) is 0 Å². The minimum atomic E-state index is -1.16. The minimum absolute atomic E-state index is 0.314. The zero-order chi connectivity index (χ0) is 12.9. The van der Waals surface area contributed by atoms with E-state index in [-0.39, 0.29) is 4.75 Å². The van der Waals surface area contributed by atoms with Crippen LogP contribution >= 0.6 is 0 Å². The number of nitrogens with one attached hydrogen (secondary N) is 1. The second-order valence-corrected chi connectivity index (χ2v) is 6.55. The Bertz CT molecular complexity index is 410. The summed E-state index contributed by atoms with van der Waals surface area (Å²) in [6.07, 6.45) is 1.68. The number of para-hydroxylation sites is 2. The molecule has 0 aliphatic heterocycles. The van der Waals surface area contributed by atoms with Crippen molar-refractivity contribution < 1.29 is 8.95 Å². The van der Waals surface area contributed by atoms with E-state index in [1.165, 1.54) is 0 Å². The van der Waals surface area contributed by atoms with E-state index < -0.39 is 11.0 Å². The normalized spacial score (nSPS) is 12.9. The molecule has 0 aliphatic rings. The van der Waals surface area contributed by atoms with Crippen LogP contribution in [-0.4, -0.2) is 15.6 Å². The maximum Gasteiger partial charge on any atom is 0.143 e. The largest absolute Gasteiger partial charge is 0.487 e. The smallest absolute Gasteiger partial charge is 0.143 e. The van der Waals surface area contributed by atoms with Crippen LogP contribution in [0, 0.1) is 0 Å². The van der Waals surface area contributed by atoms with E-state index in [2.05, 4.69) is 11.3 Å². The van der Waals surface area contributed by atoms with Crippen LogP contribution in [0.4, 0.5) is 5.69 Å². The molecule has 0 heterocycles. The van der Waals surface area contributed by atoms with Gasteiger partial charge in [0.05, 0.1) is 10.4 Å². The summed E-state index contributed by atoms with van der Waals surface area (Å²) in [6, 6.07) is 7.44. The van der Waals surface area contributed by atoms with Gasteiger partial charge in [0, 0.05) is 0 Å². The predicted octanol–water partition coefficient (Wildman–Crippen LogP) is 3.13. The van der Waals surface area contributed by atoms with Crippen LogP contribution in [-0.2, 0) is 11.0 Å². The van der Waals surface area contributed by atoms with Gasteiger partial charge in [0.2, 0.25) is 0 Å². The summed E-state index contributed by atoms with van der Waals surface area (Å²) >= 11 is 0. The number of rotatable bonds is 5. The van der Waals surface area contributed by atoms with Crippen molar-refractivity contribution in [3.63, 3.8) is 0 Å². The van der Waals surface area contributed by atoms with E-state index in [1.54, 1.807) is 6.08 Å². The molecule has 1 N–H and O–H groups in total. The molecule has 0 unspecified atom stereocenters. The first kappa shape index (κ1) is 13.8. The highest BCUT2D eigenvalue weighted by atomic mass is 32.2. The number of hydrogen-bond acceptors (Lipinski definition) is 2. The molecule has 1 rings (SSSR count). The van der Waals surface area contributed by atoms with Gasteiger partial charge in [0.1, 0.15) is 23.3 Å². The summed E-state index contributed by atoms with van der Waals surface area (Å²) in [7, 11) is -1.16. The lowest BCUT2D eigenvalue weighted by molar-refractivity contribution is 0.365. The zero-order valence-corrected chi connectivity index (χ0v) is 11.3. The van der Waals surface area contributed by atoms with Gasteiger partial charge in [-0.3, -0.25) is 0 Å². The van der Waals surface area contributed by atoms with Gasteiger partial charge < -0.3 is 9.46 Å². The summed E-state index contributed by atoms with van der Waals surface area (Å²) in [5.41, 5.74) is 0.739. The van der Waals surface area contributed by atoms with Crippen LogP contribution in [0.1, 0.15) is 20.8 Å². The molecule has 4 heteroatoms. The molecule has 0 aromatic heterocycles. The Morgan fingerprint density at radius 2 is 2.06 bits per heavy atom. The molecule has 0 aliphatic carbocycles. The summed E-state index contributed by atoms with van der Waals surface area (Å²) in [5.74, 6) is 0.685. The molecule has 1 aromatic carbocycles. The van der Waals surface area contributed by atoms with E-state index in [1.807, 2.05) is 45.0 Å². The Labute approximate surface area is 105 Å². The van der Waals surface area contributed by atoms with E-state index in [0.29, 0.717) is 12.4 Å². The molecule has 0 saturated carbocycles. The Kier molecular flexibility index (Phi) is 4.75. The predicted molar refractivity (Wildman–Crippen MR) is 73.7 cm³/mol. The SMILES string of the molecule is C=CCOc1ccccc1N[S@@](=O)C(C)(C)C. The average Bonchev–Trinajstić information content (AvgIpc) is 2.26. The molecule has 1 atom stereocenters. The van der Waals surface area contributed by atoms with Gasteiger partial charge in [-0.25, -0.2) is 4.21 Å². The highest BCUT2D eigenvalue weighted by Crippen LogP contribution is 2.26. The van der Waals surface area contributed by atoms with Crippen molar-refractivity contribution in [1.82, 2.24) is 0 Å². The second kappa shape index (κ2) is 5.87. The summed E-state index contributed by atoms with van der Waals surface area (Å²) in [5, 5.41) is 0. The summed E-state index contributed by atoms with van der Waals surface area (Å²) < 4.78 is 20.1. The van der Waals surface area contributed by atoms with E-state index in [0.717, 1.165) is 5.69 Å². The molecule has 1 aromatic rings. The molecule has 3 nitrogen and oxygen atoms in total. The van der Waals surface area contributed by atoms with Crippen LogP contribution in [0.3, 0.4) is 0 Å². The molecule has 17 heavy (non-hydrogen) atoms. The van der Waals surface area contributed by atoms with Crippen LogP contribution < -0.4 is 9.46 Å². The topological polar surface area (TPSA) is 38.3 Å². The third kappa shape index (κ3) is 4.23. The molecule has 0 saturated heterocycles. The fraction of sp³-hybridized carbons (Fsp3) is 0.385. The first-order chi connectivity index (χ1) is 7.95. The Morgan fingerprint density at radius 3 is 2.65 bits per heavy atom. The van der Waals surface area contributed by atoms with Crippen molar-refractivity contribution in [3.8, 4) is 5.75 Å². The molecular weight excluding hydrogens is 234 g/mol. The summed E-state index contributed by atoms with van der Waals surface area (Å²) in [6.45, 7) is 9.79. The van der Waals surface area contributed by atoms with E-state index in [9.17, 15) is 4.21 Å². The summed E-state index contributed by atoms with van der Waals surface area (Å²) in [4.78, 5) is 0. The molecule has 94 valence electrons. The first-order valence-corrected chi connectivity index (χ1v) is 6.61. The van der Waals surface area contributed by atoms with Crippen molar-refractivity contribution >= 4 is 16.7 Å². The van der Waals surface area contributed by atoms with E-state index >= 15 is 0 Å². The molecular formula is C13H19NO2S. The van der Waals surface area contributed by atoms with Gasteiger partial charge in [0.25, 0.3) is 0 Å². The number of hydrogen-bond donors (Lipinski definition) is 1. The number of ether oxygens (including phenoxy) is 1. The van der Waals surface area contributed by atoms with Crippen molar-refractivity contribution in [2.24, 2.45) is 0 Å². The third-order valence-corrected chi connectivity index (χ3v) is 3.52. The van der Waals surface area contributed by atoms with Crippen molar-refractivity contribution in [1.29, 1.82) is 0 Å². The van der Waals surface area contributed by atoms with Crippen molar-refractivity contribution in [2.45, 2.75) is 25.5 Å². The standard InChI is InChI=1S/C13H19NO2S/c1-5-10-16-12-9-7-6-8-11(12)14-17(15)13(2,3)4/h5-9,14H,1,10H2,2-4H3/t17-/m0/s1. The number of benzene rings is 1. The quantitative estimate of drug-likeness (QED) is 0.819. The second-order valence-electron chi connectivity index (χ2n) is 4.58. The number of anilines is 1. The molecule has 0 fully saturated rings. The fourth-order valence-corrected chi connectivity index (χ4v) is 1.75. The molecule has 0 spiro atoms. The Balaban J connectivity index is 2.83. The maximum absolute atomic E-state index is 12.0. The fourth-order valence-electron chi connectivity index (χ4n) is 1.08. The monoisotopic (exact) mass is 253 g/mol. The zero-order valence-electron chi connectivity index (χ0n) is 10.5. The van der Waals surface area contributed by atoms with Gasteiger partial charge in [-0.05, 0) is 32.9 Å². The lowest BCUT2D eigenvalue weighted by Crippen LogP contribution is -2.27. The van der Waals surface area contributed by atoms with Crippen LogP contribution in [0.15, 0.2) is 36.9 Å². The Morgan fingerprint density at radius 1 is 1.41 bits per heavy atom. The van der Waals surface area contributed by atoms with Crippen LogP contribution in [0.2, 0.25) is 0 Å². The molecule has 0 amide bonds. The van der Waals surface area contributed by atoms with E-state index in [4.69, 9.17) is 4.74 Å². The van der Waals surface area contributed by atoms with Gasteiger partial charge >= 0.3 is 0 Å². The van der Waals surface area contributed by atoms with Gasteiger partial charge in [0.15, 0.2) is 0 Å². The van der Waals surface area contributed by atoms with Gasteiger partial charge in [-0.1, -0.05) is 24.8 Å². The average molecular weight is 253 g/mol. The lowest BCUT2D eigenvalue weighted by Gasteiger charge is -2.20. The molecule has 0 bridgehead atoms. The highest BCUT2D eigenvalue weighted by molar-refractivity contribution is 7.87. The van der Waals surface area contributed by atoms with Gasteiger partial charge in [-0.2, -0.15) is 0 Å². The van der Waals surface area contributed by atoms with Crippen LogP contribution in [0.25, 0.3) is 0 Å². The highest BCUT2D eigenvalue weighted by Gasteiger charge is 2.20. The minimum Gasteiger partial charge on any atom is -0.487 e. The van der Waals surface area contributed by atoms with Crippen LogP contribution in [0.5, 0.6) is 5.75 Å². The maximum atomic E-state index is 12.0. The van der Waals surface area contributed by atoms with Crippen molar-refractivity contribution in [2.75, 3.05) is 11.3 Å². The van der Waals surface area contributed by atoms with Crippen molar-refractivity contribution in [3.05, 3.63) is 36.9 Å². The lowest BCUT2D eigenvalue weighted by atomic mass is 10.3. The molecule has 0 radical (unpaired) electrons. The Hall–Kier alpha value is -1.29. The third-order valence-electron chi connectivity index (χ3n) is 2.00. The first-order valence-electron chi connectivity index (χ1n) is 5.46.